The van der Waals surface area contributed by atoms with Gasteiger partial charge in [-0.2, -0.15) is 0 Å². The van der Waals surface area contributed by atoms with Gasteiger partial charge in [0.05, 0.1) is 13.2 Å². The highest BCUT2D eigenvalue weighted by molar-refractivity contribution is 5.96. The Morgan fingerprint density at radius 3 is 2.83 bits per heavy atom. The lowest BCUT2D eigenvalue weighted by atomic mass is 9.99. The van der Waals surface area contributed by atoms with Crippen LogP contribution in [-0.2, 0) is 0 Å². The number of hydrogen-bond acceptors (Lipinski definition) is 3. The molecule has 2 heterocycles. The summed E-state index contributed by atoms with van der Waals surface area (Å²) in [5.74, 6) is 0.388. The third kappa shape index (κ3) is 2.93. The fraction of sp³-hybridized carbons (Fsp3) is 0.368. The number of pyridine rings is 1. The summed E-state index contributed by atoms with van der Waals surface area (Å²) < 4.78 is 5.24. The van der Waals surface area contributed by atoms with E-state index in [1.54, 1.807) is 25.4 Å². The summed E-state index contributed by atoms with van der Waals surface area (Å²) in [7, 11) is 1.55. The number of carbonyl (C=O) groups is 1. The van der Waals surface area contributed by atoms with Crippen molar-refractivity contribution in [3.05, 3.63) is 58.8 Å². The molecular weight excluding hydrogens is 288 g/mol. The molecule has 4 nitrogen and oxygen atoms in total. The van der Waals surface area contributed by atoms with E-state index in [2.05, 4.69) is 37.0 Å². The fourth-order valence-electron chi connectivity index (χ4n) is 3.20. The molecule has 0 spiro atoms. The van der Waals surface area contributed by atoms with Gasteiger partial charge in [-0.05, 0) is 55.5 Å². The zero-order valence-electron chi connectivity index (χ0n) is 13.9. The van der Waals surface area contributed by atoms with E-state index in [1.165, 1.54) is 16.7 Å². The van der Waals surface area contributed by atoms with Gasteiger partial charge in [0.2, 0.25) is 5.88 Å². The van der Waals surface area contributed by atoms with Crippen molar-refractivity contribution in [1.29, 1.82) is 0 Å². The molecule has 1 unspecified atom stereocenters. The number of ether oxygens (including phenoxy) is 1. The third-order valence-corrected chi connectivity index (χ3v) is 4.62. The number of hydrogen-bond donors (Lipinski definition) is 0. The number of amides is 1. The van der Waals surface area contributed by atoms with Crippen LogP contribution in [0.5, 0.6) is 5.88 Å². The highest BCUT2D eigenvalue weighted by atomic mass is 16.5. The SMILES string of the molecule is COc1ncccc1C(=O)N1CCCC1c1ccc(C)c(C)c1. The lowest BCUT2D eigenvalue weighted by Crippen LogP contribution is -2.31. The molecule has 1 saturated heterocycles. The molecule has 1 aliphatic heterocycles. The van der Waals surface area contributed by atoms with Crippen LogP contribution in [0.2, 0.25) is 0 Å². The minimum atomic E-state index is -0.00400. The van der Waals surface area contributed by atoms with E-state index in [0.29, 0.717) is 11.4 Å². The quantitative estimate of drug-likeness (QED) is 0.868. The highest BCUT2D eigenvalue weighted by Gasteiger charge is 2.32. The Morgan fingerprint density at radius 2 is 2.09 bits per heavy atom. The average molecular weight is 310 g/mol. The van der Waals surface area contributed by atoms with Crippen molar-refractivity contribution in [3.63, 3.8) is 0 Å². The molecule has 120 valence electrons. The van der Waals surface area contributed by atoms with Crippen molar-refractivity contribution in [3.8, 4) is 5.88 Å². The largest absolute Gasteiger partial charge is 0.480 e. The number of likely N-dealkylation sites (tertiary alicyclic amines) is 1. The van der Waals surface area contributed by atoms with Crippen molar-refractivity contribution >= 4 is 5.91 Å². The van der Waals surface area contributed by atoms with E-state index in [9.17, 15) is 4.79 Å². The Hall–Kier alpha value is -2.36. The van der Waals surface area contributed by atoms with Crippen LogP contribution >= 0.6 is 0 Å². The molecule has 1 atom stereocenters. The second-order valence-electron chi connectivity index (χ2n) is 6.06. The number of methoxy groups -OCH3 is 1. The van der Waals surface area contributed by atoms with Gasteiger partial charge in [-0.3, -0.25) is 4.79 Å². The van der Waals surface area contributed by atoms with Crippen LogP contribution in [0.3, 0.4) is 0 Å². The summed E-state index contributed by atoms with van der Waals surface area (Å²) in [5.41, 5.74) is 4.28. The summed E-state index contributed by atoms with van der Waals surface area (Å²) in [5, 5.41) is 0. The lowest BCUT2D eigenvalue weighted by Gasteiger charge is -2.26. The van der Waals surface area contributed by atoms with E-state index in [4.69, 9.17) is 4.74 Å². The van der Waals surface area contributed by atoms with Crippen molar-refractivity contribution in [2.45, 2.75) is 32.7 Å². The molecule has 0 radical (unpaired) electrons. The molecule has 1 amide bonds. The maximum Gasteiger partial charge on any atom is 0.259 e. The number of rotatable bonds is 3. The van der Waals surface area contributed by atoms with Crippen LogP contribution in [0.15, 0.2) is 36.5 Å². The second-order valence-corrected chi connectivity index (χ2v) is 6.06. The van der Waals surface area contributed by atoms with Crippen molar-refractivity contribution in [2.75, 3.05) is 13.7 Å². The smallest absolute Gasteiger partial charge is 0.259 e. The molecule has 23 heavy (non-hydrogen) atoms. The minimum absolute atomic E-state index is 0.00400. The molecule has 1 aliphatic rings. The first kappa shape index (κ1) is 15.5. The van der Waals surface area contributed by atoms with Crippen molar-refractivity contribution in [1.82, 2.24) is 9.88 Å². The van der Waals surface area contributed by atoms with Gasteiger partial charge in [-0.25, -0.2) is 4.98 Å². The Morgan fingerprint density at radius 1 is 1.26 bits per heavy atom. The Bertz CT molecular complexity index is 727. The fourth-order valence-corrected chi connectivity index (χ4v) is 3.20. The molecular formula is C19H22N2O2. The van der Waals surface area contributed by atoms with E-state index in [0.717, 1.165) is 19.4 Å². The second kappa shape index (κ2) is 6.41. The summed E-state index contributed by atoms with van der Waals surface area (Å²) in [4.78, 5) is 19.1. The molecule has 0 aliphatic carbocycles. The van der Waals surface area contributed by atoms with Gasteiger partial charge in [-0.15, -0.1) is 0 Å². The zero-order chi connectivity index (χ0) is 16.4. The van der Waals surface area contributed by atoms with Crippen molar-refractivity contribution < 1.29 is 9.53 Å². The standard InChI is InChI=1S/C19H22N2O2/c1-13-8-9-15(12-14(13)2)17-7-5-11-21(17)19(22)16-6-4-10-20-18(16)23-3/h4,6,8-10,12,17H,5,7,11H2,1-3H3. The molecule has 1 aromatic carbocycles. The van der Waals surface area contributed by atoms with Gasteiger partial charge in [0.25, 0.3) is 5.91 Å². The van der Waals surface area contributed by atoms with E-state index < -0.39 is 0 Å². The molecule has 4 heteroatoms. The van der Waals surface area contributed by atoms with Gasteiger partial charge in [0.15, 0.2) is 0 Å². The predicted octanol–water partition coefficient (Wildman–Crippen LogP) is 3.68. The van der Waals surface area contributed by atoms with Gasteiger partial charge in [-0.1, -0.05) is 18.2 Å². The maximum absolute atomic E-state index is 13.0. The van der Waals surface area contributed by atoms with Crippen LogP contribution in [0.1, 0.15) is 45.9 Å². The number of nitrogens with zero attached hydrogens (tertiary/aromatic N) is 2. The Kier molecular flexibility index (Phi) is 4.33. The maximum atomic E-state index is 13.0. The van der Waals surface area contributed by atoms with Crippen LogP contribution in [0.4, 0.5) is 0 Å². The van der Waals surface area contributed by atoms with Crippen LogP contribution in [-0.4, -0.2) is 29.4 Å². The van der Waals surface area contributed by atoms with Crippen LogP contribution < -0.4 is 4.74 Å². The first-order chi connectivity index (χ1) is 11.1. The van der Waals surface area contributed by atoms with E-state index in [1.807, 2.05) is 4.90 Å². The number of carbonyl (C=O) groups excluding carboxylic acids is 1. The van der Waals surface area contributed by atoms with Crippen LogP contribution in [0, 0.1) is 13.8 Å². The minimum Gasteiger partial charge on any atom is -0.480 e. The molecule has 0 N–H and O–H groups in total. The number of benzene rings is 1. The monoisotopic (exact) mass is 310 g/mol. The van der Waals surface area contributed by atoms with Crippen molar-refractivity contribution in [2.24, 2.45) is 0 Å². The summed E-state index contributed by atoms with van der Waals surface area (Å²) in [6, 6.07) is 10.2. The molecule has 2 aromatic rings. The highest BCUT2D eigenvalue weighted by Crippen LogP contribution is 2.34. The number of aromatic nitrogens is 1. The Labute approximate surface area is 137 Å². The zero-order valence-corrected chi connectivity index (χ0v) is 13.9. The van der Waals surface area contributed by atoms with Crippen LogP contribution in [0.25, 0.3) is 0 Å². The average Bonchev–Trinajstić information content (AvgIpc) is 3.06. The van der Waals surface area contributed by atoms with Gasteiger partial charge in [0, 0.05) is 12.7 Å². The summed E-state index contributed by atoms with van der Waals surface area (Å²) in [6.45, 7) is 5.00. The number of aryl methyl sites for hydroxylation is 2. The first-order valence-corrected chi connectivity index (χ1v) is 7.99. The van der Waals surface area contributed by atoms with Gasteiger partial charge in [0.1, 0.15) is 5.56 Å². The molecule has 1 fully saturated rings. The lowest BCUT2D eigenvalue weighted by molar-refractivity contribution is 0.0731. The molecule has 0 bridgehead atoms. The predicted molar refractivity (Wildman–Crippen MR) is 89.7 cm³/mol. The van der Waals surface area contributed by atoms with Gasteiger partial charge >= 0.3 is 0 Å². The molecule has 0 saturated carbocycles. The normalized spacial score (nSPS) is 17.3. The Balaban J connectivity index is 1.92. The topological polar surface area (TPSA) is 42.4 Å². The first-order valence-electron chi connectivity index (χ1n) is 7.99. The van der Waals surface area contributed by atoms with E-state index in [-0.39, 0.29) is 11.9 Å². The molecule has 1 aromatic heterocycles. The third-order valence-electron chi connectivity index (χ3n) is 4.62. The van der Waals surface area contributed by atoms with E-state index >= 15 is 0 Å². The summed E-state index contributed by atoms with van der Waals surface area (Å²) >= 11 is 0. The summed E-state index contributed by atoms with van der Waals surface area (Å²) in [6.07, 6.45) is 3.66. The van der Waals surface area contributed by atoms with Gasteiger partial charge < -0.3 is 9.64 Å². The molecule has 3 rings (SSSR count).